The Hall–Kier alpha value is -0.160. The molecule has 0 bridgehead atoms. The van der Waals surface area contributed by atoms with Gasteiger partial charge in [0.1, 0.15) is 0 Å². The van der Waals surface area contributed by atoms with Crippen LogP contribution < -0.4 is 0 Å². The molecular formula is C12H18ClNO2S. The van der Waals surface area contributed by atoms with Crippen molar-refractivity contribution in [3.05, 3.63) is 16.1 Å². The molecule has 1 aromatic heterocycles. The van der Waals surface area contributed by atoms with E-state index in [0.717, 1.165) is 36.8 Å². The fraction of sp³-hybridized carbons (Fsp3) is 0.750. The first-order chi connectivity index (χ1) is 8.38. The average Bonchev–Trinajstić information content (AvgIpc) is 2.84. The molecule has 0 amide bonds. The van der Waals surface area contributed by atoms with E-state index in [1.165, 1.54) is 12.8 Å². The zero-order valence-electron chi connectivity index (χ0n) is 9.86. The molecular weight excluding hydrogens is 258 g/mol. The van der Waals surface area contributed by atoms with Gasteiger partial charge < -0.3 is 9.47 Å². The van der Waals surface area contributed by atoms with Crippen LogP contribution in [0.15, 0.2) is 5.38 Å². The Kier molecular flexibility index (Phi) is 5.71. The van der Waals surface area contributed by atoms with E-state index in [1.807, 2.05) is 5.38 Å². The van der Waals surface area contributed by atoms with Gasteiger partial charge in [0.2, 0.25) is 0 Å². The van der Waals surface area contributed by atoms with E-state index in [9.17, 15) is 0 Å². The lowest BCUT2D eigenvalue weighted by molar-refractivity contribution is -0.0400. The first-order valence-corrected chi connectivity index (χ1v) is 7.48. The van der Waals surface area contributed by atoms with E-state index in [2.05, 4.69) is 4.98 Å². The molecule has 1 atom stereocenters. The molecule has 1 aliphatic heterocycles. The Labute approximate surface area is 111 Å². The summed E-state index contributed by atoms with van der Waals surface area (Å²) < 4.78 is 11.2. The molecule has 1 fully saturated rings. The van der Waals surface area contributed by atoms with Gasteiger partial charge >= 0.3 is 0 Å². The van der Waals surface area contributed by atoms with E-state index < -0.39 is 0 Å². The number of rotatable bonds is 6. The second-order valence-electron chi connectivity index (χ2n) is 4.18. The van der Waals surface area contributed by atoms with Crippen molar-refractivity contribution in [1.29, 1.82) is 0 Å². The molecule has 0 saturated carbocycles. The zero-order chi connectivity index (χ0) is 11.9. The van der Waals surface area contributed by atoms with Crippen molar-refractivity contribution in [3.63, 3.8) is 0 Å². The lowest BCUT2D eigenvalue weighted by atomic mass is 10.1. The summed E-state index contributed by atoms with van der Waals surface area (Å²) in [6.45, 7) is 2.32. The number of thiazole rings is 1. The van der Waals surface area contributed by atoms with E-state index in [-0.39, 0.29) is 0 Å². The van der Waals surface area contributed by atoms with Crippen molar-refractivity contribution in [1.82, 2.24) is 4.98 Å². The quantitative estimate of drug-likeness (QED) is 0.591. The zero-order valence-corrected chi connectivity index (χ0v) is 11.4. The lowest BCUT2D eigenvalue weighted by Gasteiger charge is -2.22. The summed E-state index contributed by atoms with van der Waals surface area (Å²) in [5.74, 6) is 0.493. The molecule has 1 saturated heterocycles. The first kappa shape index (κ1) is 13.3. The van der Waals surface area contributed by atoms with Crippen LogP contribution in [-0.4, -0.2) is 30.9 Å². The minimum absolute atomic E-state index is 0.304. The SMILES string of the molecule is ClCc1csc(CCOCC2CCCCO2)n1. The van der Waals surface area contributed by atoms with Crippen molar-refractivity contribution in [2.45, 2.75) is 37.7 Å². The molecule has 3 nitrogen and oxygen atoms in total. The van der Waals surface area contributed by atoms with Gasteiger partial charge in [0.15, 0.2) is 0 Å². The molecule has 17 heavy (non-hydrogen) atoms. The van der Waals surface area contributed by atoms with Crippen LogP contribution in [0.4, 0.5) is 0 Å². The maximum absolute atomic E-state index is 5.70. The van der Waals surface area contributed by atoms with Gasteiger partial charge in [0.05, 0.1) is 35.9 Å². The molecule has 0 aliphatic carbocycles. The van der Waals surface area contributed by atoms with E-state index in [1.54, 1.807) is 11.3 Å². The molecule has 0 N–H and O–H groups in total. The van der Waals surface area contributed by atoms with Gasteiger partial charge in [-0.3, -0.25) is 0 Å². The van der Waals surface area contributed by atoms with Gasteiger partial charge in [0.25, 0.3) is 0 Å². The Balaban J connectivity index is 1.59. The molecule has 1 aliphatic rings. The number of nitrogens with zero attached hydrogens (tertiary/aromatic N) is 1. The summed E-state index contributed by atoms with van der Waals surface area (Å²) in [5.41, 5.74) is 0.960. The molecule has 2 rings (SSSR count). The van der Waals surface area contributed by atoms with Crippen LogP contribution in [0.3, 0.4) is 0 Å². The van der Waals surface area contributed by atoms with Crippen molar-refractivity contribution in [2.75, 3.05) is 19.8 Å². The lowest BCUT2D eigenvalue weighted by Crippen LogP contribution is -2.24. The minimum Gasteiger partial charge on any atom is -0.378 e. The maximum Gasteiger partial charge on any atom is 0.0951 e. The predicted octanol–water partition coefficient (Wildman–Crippen LogP) is 3.01. The molecule has 1 aromatic rings. The number of ether oxygens (including phenoxy) is 2. The Morgan fingerprint density at radius 2 is 2.47 bits per heavy atom. The first-order valence-electron chi connectivity index (χ1n) is 6.07. The van der Waals surface area contributed by atoms with Crippen LogP contribution in [0.2, 0.25) is 0 Å². The van der Waals surface area contributed by atoms with Crippen LogP contribution in [0, 0.1) is 0 Å². The molecule has 2 heterocycles. The summed E-state index contributed by atoms with van der Waals surface area (Å²) in [6, 6.07) is 0. The maximum atomic E-state index is 5.70. The normalized spacial score (nSPS) is 20.6. The Morgan fingerprint density at radius 1 is 1.53 bits per heavy atom. The summed E-state index contributed by atoms with van der Waals surface area (Å²) in [6.07, 6.45) is 4.76. The van der Waals surface area contributed by atoms with Crippen LogP contribution >= 0.6 is 22.9 Å². The van der Waals surface area contributed by atoms with Crippen LogP contribution in [0.1, 0.15) is 30.0 Å². The number of alkyl halides is 1. The molecule has 0 spiro atoms. The highest BCUT2D eigenvalue weighted by Gasteiger charge is 2.13. The third-order valence-corrected chi connectivity index (χ3v) is 4.01. The number of hydrogen-bond donors (Lipinski definition) is 0. The minimum atomic E-state index is 0.304. The van der Waals surface area contributed by atoms with E-state index in [0.29, 0.717) is 18.6 Å². The largest absolute Gasteiger partial charge is 0.378 e. The van der Waals surface area contributed by atoms with Gasteiger partial charge in [-0.15, -0.1) is 22.9 Å². The second kappa shape index (κ2) is 7.31. The second-order valence-corrected chi connectivity index (χ2v) is 5.39. The van der Waals surface area contributed by atoms with Crippen LogP contribution in [-0.2, 0) is 21.8 Å². The molecule has 96 valence electrons. The van der Waals surface area contributed by atoms with Gasteiger partial charge in [-0.25, -0.2) is 4.98 Å². The standard InChI is InChI=1S/C12H18ClNO2S/c13-7-10-9-17-12(14-10)4-6-15-8-11-3-1-2-5-16-11/h9,11H,1-8H2. The number of halogens is 1. The Morgan fingerprint density at radius 3 is 3.18 bits per heavy atom. The van der Waals surface area contributed by atoms with E-state index in [4.69, 9.17) is 21.1 Å². The number of aromatic nitrogens is 1. The van der Waals surface area contributed by atoms with Crippen molar-refractivity contribution >= 4 is 22.9 Å². The molecule has 0 aromatic carbocycles. The third kappa shape index (κ3) is 4.54. The summed E-state index contributed by atoms with van der Waals surface area (Å²) >= 11 is 7.35. The van der Waals surface area contributed by atoms with Gasteiger partial charge in [-0.05, 0) is 19.3 Å². The van der Waals surface area contributed by atoms with Crippen molar-refractivity contribution < 1.29 is 9.47 Å². The third-order valence-electron chi connectivity index (χ3n) is 2.77. The van der Waals surface area contributed by atoms with E-state index >= 15 is 0 Å². The molecule has 5 heteroatoms. The highest BCUT2D eigenvalue weighted by Crippen LogP contribution is 2.14. The fourth-order valence-electron chi connectivity index (χ4n) is 1.84. The average molecular weight is 276 g/mol. The summed E-state index contributed by atoms with van der Waals surface area (Å²) in [4.78, 5) is 4.39. The molecule has 1 unspecified atom stereocenters. The molecule has 0 radical (unpaired) electrons. The summed E-state index contributed by atoms with van der Waals surface area (Å²) in [7, 11) is 0. The fourth-order valence-corrected chi connectivity index (χ4v) is 2.85. The van der Waals surface area contributed by atoms with Gasteiger partial charge in [-0.2, -0.15) is 0 Å². The monoisotopic (exact) mass is 275 g/mol. The van der Waals surface area contributed by atoms with Crippen molar-refractivity contribution in [3.8, 4) is 0 Å². The topological polar surface area (TPSA) is 31.4 Å². The highest BCUT2D eigenvalue weighted by atomic mass is 35.5. The van der Waals surface area contributed by atoms with Gasteiger partial charge in [0, 0.05) is 18.4 Å². The van der Waals surface area contributed by atoms with Crippen LogP contribution in [0.25, 0.3) is 0 Å². The smallest absolute Gasteiger partial charge is 0.0951 e. The van der Waals surface area contributed by atoms with Crippen LogP contribution in [0.5, 0.6) is 0 Å². The highest BCUT2D eigenvalue weighted by molar-refractivity contribution is 7.09. The Bertz CT molecular complexity index is 326. The number of hydrogen-bond acceptors (Lipinski definition) is 4. The van der Waals surface area contributed by atoms with Crippen molar-refractivity contribution in [2.24, 2.45) is 0 Å². The summed E-state index contributed by atoms with van der Waals surface area (Å²) in [5, 5.41) is 3.11. The van der Waals surface area contributed by atoms with Gasteiger partial charge in [-0.1, -0.05) is 0 Å². The predicted molar refractivity (Wildman–Crippen MR) is 69.8 cm³/mol.